The number of ether oxygens (including phenoxy) is 1. The molecule has 1 aromatic carbocycles. The molecule has 1 saturated carbocycles. The largest absolute Gasteiger partial charge is 0.491 e. The SMILES string of the molecule is CNC(CSC1CCCC1)c1cccc(OC(C)C)c1. The lowest BCUT2D eigenvalue weighted by Crippen LogP contribution is -2.20. The molecular formula is C17H27NOS. The van der Waals surface area contributed by atoms with Crippen molar-refractivity contribution in [3.8, 4) is 5.75 Å². The monoisotopic (exact) mass is 293 g/mol. The van der Waals surface area contributed by atoms with Crippen molar-refractivity contribution in [3.05, 3.63) is 29.8 Å². The molecule has 0 saturated heterocycles. The van der Waals surface area contributed by atoms with Gasteiger partial charge in [0.1, 0.15) is 5.75 Å². The summed E-state index contributed by atoms with van der Waals surface area (Å²) in [5, 5.41) is 4.32. The Morgan fingerprint density at radius 3 is 2.70 bits per heavy atom. The van der Waals surface area contributed by atoms with Gasteiger partial charge in [0.2, 0.25) is 0 Å². The molecule has 0 radical (unpaired) electrons. The Morgan fingerprint density at radius 1 is 1.30 bits per heavy atom. The van der Waals surface area contributed by atoms with Crippen molar-refractivity contribution in [1.82, 2.24) is 5.32 Å². The molecule has 0 bridgehead atoms. The van der Waals surface area contributed by atoms with Crippen LogP contribution < -0.4 is 10.1 Å². The van der Waals surface area contributed by atoms with E-state index in [1.54, 1.807) is 0 Å². The quantitative estimate of drug-likeness (QED) is 0.804. The summed E-state index contributed by atoms with van der Waals surface area (Å²) >= 11 is 2.13. The molecule has 2 rings (SSSR count). The lowest BCUT2D eigenvalue weighted by Gasteiger charge is -2.20. The Morgan fingerprint density at radius 2 is 2.05 bits per heavy atom. The van der Waals surface area contributed by atoms with Gasteiger partial charge in [-0.1, -0.05) is 25.0 Å². The van der Waals surface area contributed by atoms with Gasteiger partial charge < -0.3 is 10.1 Å². The van der Waals surface area contributed by atoms with Crippen molar-refractivity contribution < 1.29 is 4.74 Å². The Bertz CT molecular complexity index is 402. The molecule has 1 aliphatic carbocycles. The Labute approximate surface area is 127 Å². The van der Waals surface area contributed by atoms with Crippen molar-refractivity contribution in [3.63, 3.8) is 0 Å². The number of hydrogen-bond donors (Lipinski definition) is 1. The summed E-state index contributed by atoms with van der Waals surface area (Å²) in [5.41, 5.74) is 1.33. The van der Waals surface area contributed by atoms with Gasteiger partial charge in [-0.15, -0.1) is 0 Å². The zero-order chi connectivity index (χ0) is 14.4. The highest BCUT2D eigenvalue weighted by Gasteiger charge is 2.18. The smallest absolute Gasteiger partial charge is 0.120 e. The van der Waals surface area contributed by atoms with Crippen LogP contribution in [0.4, 0.5) is 0 Å². The summed E-state index contributed by atoms with van der Waals surface area (Å²) in [7, 11) is 2.05. The highest BCUT2D eigenvalue weighted by atomic mass is 32.2. The van der Waals surface area contributed by atoms with Gasteiger partial charge in [0, 0.05) is 17.0 Å². The van der Waals surface area contributed by atoms with Gasteiger partial charge in [-0.2, -0.15) is 11.8 Å². The predicted octanol–water partition coefficient (Wildman–Crippen LogP) is 4.41. The first-order valence-corrected chi connectivity index (χ1v) is 8.79. The van der Waals surface area contributed by atoms with E-state index in [4.69, 9.17) is 4.74 Å². The second-order valence-electron chi connectivity index (χ2n) is 5.82. The maximum atomic E-state index is 5.79. The van der Waals surface area contributed by atoms with Crippen LogP contribution in [-0.4, -0.2) is 24.2 Å². The summed E-state index contributed by atoms with van der Waals surface area (Å²) in [6.45, 7) is 4.14. The molecule has 112 valence electrons. The maximum Gasteiger partial charge on any atom is 0.120 e. The van der Waals surface area contributed by atoms with Gasteiger partial charge in [0.25, 0.3) is 0 Å². The van der Waals surface area contributed by atoms with E-state index >= 15 is 0 Å². The van der Waals surface area contributed by atoms with Crippen LogP contribution in [0.2, 0.25) is 0 Å². The third kappa shape index (κ3) is 4.71. The van der Waals surface area contributed by atoms with Crippen LogP contribution in [-0.2, 0) is 0 Å². The molecule has 3 heteroatoms. The molecule has 1 atom stereocenters. The topological polar surface area (TPSA) is 21.3 Å². The average Bonchev–Trinajstić information content (AvgIpc) is 2.92. The van der Waals surface area contributed by atoms with E-state index in [0.29, 0.717) is 6.04 Å². The van der Waals surface area contributed by atoms with E-state index in [0.717, 1.165) is 16.8 Å². The molecule has 0 spiro atoms. The summed E-state index contributed by atoms with van der Waals surface area (Å²) in [6, 6.07) is 8.93. The van der Waals surface area contributed by atoms with Crippen LogP contribution in [0.25, 0.3) is 0 Å². The van der Waals surface area contributed by atoms with Crippen molar-refractivity contribution in [1.29, 1.82) is 0 Å². The van der Waals surface area contributed by atoms with Crippen LogP contribution in [0.5, 0.6) is 5.75 Å². The highest BCUT2D eigenvalue weighted by molar-refractivity contribution is 7.99. The van der Waals surface area contributed by atoms with Gasteiger partial charge in [0.15, 0.2) is 0 Å². The molecule has 0 aliphatic heterocycles. The normalized spacial score (nSPS) is 17.6. The summed E-state index contributed by atoms with van der Waals surface area (Å²) in [5.74, 6) is 2.12. The Hall–Kier alpha value is -0.670. The minimum absolute atomic E-state index is 0.228. The van der Waals surface area contributed by atoms with E-state index in [2.05, 4.69) is 56.2 Å². The molecule has 1 N–H and O–H groups in total. The first-order chi connectivity index (χ1) is 9.69. The molecule has 1 fully saturated rings. The fourth-order valence-corrected chi connectivity index (χ4v) is 4.20. The number of rotatable bonds is 7. The minimum Gasteiger partial charge on any atom is -0.491 e. The van der Waals surface area contributed by atoms with Gasteiger partial charge in [0.05, 0.1) is 6.10 Å². The van der Waals surface area contributed by atoms with E-state index < -0.39 is 0 Å². The molecule has 0 aromatic heterocycles. The summed E-state index contributed by atoms with van der Waals surface area (Å²) < 4.78 is 5.79. The van der Waals surface area contributed by atoms with Crippen LogP contribution in [0.3, 0.4) is 0 Å². The van der Waals surface area contributed by atoms with Crippen molar-refractivity contribution in [2.45, 2.75) is 56.9 Å². The third-order valence-electron chi connectivity index (χ3n) is 3.78. The van der Waals surface area contributed by atoms with E-state index in [1.165, 1.54) is 31.2 Å². The van der Waals surface area contributed by atoms with Crippen molar-refractivity contribution in [2.24, 2.45) is 0 Å². The molecule has 0 amide bonds. The lowest BCUT2D eigenvalue weighted by atomic mass is 10.1. The highest BCUT2D eigenvalue weighted by Crippen LogP contribution is 2.32. The number of thioether (sulfide) groups is 1. The van der Waals surface area contributed by atoms with Gasteiger partial charge in [-0.05, 0) is 51.4 Å². The number of nitrogens with one attached hydrogen (secondary N) is 1. The first kappa shape index (κ1) is 15.7. The standard InChI is InChI=1S/C17H27NOS/c1-13(2)19-15-8-6-7-14(11-15)17(18-3)12-20-16-9-4-5-10-16/h6-8,11,13,16-18H,4-5,9-10,12H2,1-3H3. The van der Waals surface area contributed by atoms with Crippen molar-refractivity contribution in [2.75, 3.05) is 12.8 Å². The molecule has 0 heterocycles. The molecule has 1 aromatic rings. The summed E-state index contributed by atoms with van der Waals surface area (Å²) in [6.07, 6.45) is 5.86. The number of hydrogen-bond acceptors (Lipinski definition) is 3. The second kappa shape index (κ2) is 7.94. The zero-order valence-electron chi connectivity index (χ0n) is 12.9. The Kier molecular flexibility index (Phi) is 6.24. The minimum atomic E-state index is 0.228. The maximum absolute atomic E-state index is 5.79. The second-order valence-corrected chi connectivity index (χ2v) is 7.15. The molecule has 1 unspecified atom stereocenters. The van der Waals surface area contributed by atoms with Crippen LogP contribution >= 0.6 is 11.8 Å². The average molecular weight is 293 g/mol. The van der Waals surface area contributed by atoms with Gasteiger partial charge >= 0.3 is 0 Å². The molecule has 20 heavy (non-hydrogen) atoms. The molecule has 1 aliphatic rings. The molecular weight excluding hydrogens is 266 g/mol. The predicted molar refractivity (Wildman–Crippen MR) is 88.7 cm³/mol. The Balaban J connectivity index is 1.95. The van der Waals surface area contributed by atoms with Crippen molar-refractivity contribution >= 4 is 11.8 Å². The van der Waals surface area contributed by atoms with Crippen LogP contribution in [0, 0.1) is 0 Å². The fraction of sp³-hybridized carbons (Fsp3) is 0.647. The summed E-state index contributed by atoms with van der Waals surface area (Å²) in [4.78, 5) is 0. The molecule has 2 nitrogen and oxygen atoms in total. The van der Waals surface area contributed by atoms with Gasteiger partial charge in [-0.3, -0.25) is 0 Å². The third-order valence-corrected chi connectivity index (χ3v) is 5.25. The van der Waals surface area contributed by atoms with Crippen LogP contribution in [0.1, 0.15) is 51.1 Å². The van der Waals surface area contributed by atoms with Crippen LogP contribution in [0.15, 0.2) is 24.3 Å². The number of benzene rings is 1. The van der Waals surface area contributed by atoms with Gasteiger partial charge in [-0.25, -0.2) is 0 Å². The lowest BCUT2D eigenvalue weighted by molar-refractivity contribution is 0.242. The fourth-order valence-electron chi connectivity index (χ4n) is 2.71. The zero-order valence-corrected chi connectivity index (χ0v) is 13.7. The van der Waals surface area contributed by atoms with E-state index in [1.807, 2.05) is 6.07 Å². The van der Waals surface area contributed by atoms with E-state index in [-0.39, 0.29) is 6.10 Å². The van der Waals surface area contributed by atoms with E-state index in [9.17, 15) is 0 Å². The first-order valence-electron chi connectivity index (χ1n) is 7.74.